The SMILES string of the molecule is CC1CCN(C(C)CNC(=O)c2nn(Cc3ccccc3)c(=O)c3ccccc23)CC1. The molecule has 1 aromatic heterocycles. The van der Waals surface area contributed by atoms with E-state index in [4.69, 9.17) is 0 Å². The molecule has 1 fully saturated rings. The average molecular weight is 419 g/mol. The van der Waals surface area contributed by atoms with Crippen LogP contribution in [0.5, 0.6) is 0 Å². The lowest BCUT2D eigenvalue weighted by atomic mass is 9.98. The van der Waals surface area contributed by atoms with Gasteiger partial charge in [-0.15, -0.1) is 0 Å². The maximum Gasteiger partial charge on any atom is 0.274 e. The molecule has 0 radical (unpaired) electrons. The smallest absolute Gasteiger partial charge is 0.274 e. The van der Waals surface area contributed by atoms with Crippen molar-refractivity contribution in [3.05, 3.63) is 76.2 Å². The van der Waals surface area contributed by atoms with E-state index >= 15 is 0 Å². The molecule has 0 aliphatic carbocycles. The predicted octanol–water partition coefficient (Wildman–Crippen LogP) is 3.30. The topological polar surface area (TPSA) is 67.2 Å². The molecule has 2 aromatic carbocycles. The van der Waals surface area contributed by atoms with Crippen molar-refractivity contribution in [1.29, 1.82) is 0 Å². The molecule has 6 nitrogen and oxygen atoms in total. The fraction of sp³-hybridized carbons (Fsp3) is 0.400. The maximum atomic E-state index is 13.1. The van der Waals surface area contributed by atoms with E-state index in [9.17, 15) is 9.59 Å². The van der Waals surface area contributed by atoms with Crippen molar-refractivity contribution >= 4 is 16.7 Å². The lowest BCUT2D eigenvalue weighted by Gasteiger charge is -2.35. The number of piperidine rings is 1. The number of nitrogens with zero attached hydrogens (tertiary/aromatic N) is 3. The molecule has 3 aromatic rings. The summed E-state index contributed by atoms with van der Waals surface area (Å²) in [6, 6.07) is 17.2. The number of amides is 1. The van der Waals surface area contributed by atoms with E-state index < -0.39 is 0 Å². The monoisotopic (exact) mass is 418 g/mol. The van der Waals surface area contributed by atoms with E-state index in [1.54, 1.807) is 12.1 Å². The second kappa shape index (κ2) is 9.43. The van der Waals surface area contributed by atoms with Gasteiger partial charge in [-0.05, 0) is 50.4 Å². The van der Waals surface area contributed by atoms with Gasteiger partial charge in [-0.25, -0.2) is 4.68 Å². The predicted molar refractivity (Wildman–Crippen MR) is 123 cm³/mol. The molecule has 6 heteroatoms. The van der Waals surface area contributed by atoms with Crippen LogP contribution in [0.15, 0.2) is 59.4 Å². The van der Waals surface area contributed by atoms with Crippen molar-refractivity contribution in [3.63, 3.8) is 0 Å². The number of likely N-dealkylation sites (tertiary alicyclic amines) is 1. The Morgan fingerprint density at radius 1 is 1.06 bits per heavy atom. The van der Waals surface area contributed by atoms with E-state index in [0.29, 0.717) is 29.6 Å². The molecule has 2 heterocycles. The molecule has 4 rings (SSSR count). The fourth-order valence-electron chi connectivity index (χ4n) is 4.19. The highest BCUT2D eigenvalue weighted by Gasteiger charge is 2.22. The third kappa shape index (κ3) is 4.85. The molecule has 1 aliphatic heterocycles. The number of benzene rings is 2. The fourth-order valence-corrected chi connectivity index (χ4v) is 4.19. The van der Waals surface area contributed by atoms with Gasteiger partial charge >= 0.3 is 0 Å². The first-order chi connectivity index (χ1) is 15.0. The van der Waals surface area contributed by atoms with Gasteiger partial charge in [0.2, 0.25) is 0 Å². The Bertz CT molecular complexity index is 1100. The lowest BCUT2D eigenvalue weighted by Crippen LogP contribution is -2.45. The molecule has 1 N–H and O–H groups in total. The van der Waals surface area contributed by atoms with Crippen LogP contribution in [0.25, 0.3) is 10.8 Å². The van der Waals surface area contributed by atoms with Crippen molar-refractivity contribution in [2.24, 2.45) is 5.92 Å². The number of nitrogens with one attached hydrogen (secondary N) is 1. The van der Waals surface area contributed by atoms with E-state index in [2.05, 4.69) is 29.2 Å². The number of rotatable bonds is 6. The van der Waals surface area contributed by atoms with Crippen molar-refractivity contribution in [2.75, 3.05) is 19.6 Å². The summed E-state index contributed by atoms with van der Waals surface area (Å²) in [6.45, 7) is 7.47. The Kier molecular flexibility index (Phi) is 6.47. The minimum Gasteiger partial charge on any atom is -0.349 e. The third-order valence-corrected chi connectivity index (χ3v) is 6.26. The summed E-state index contributed by atoms with van der Waals surface area (Å²) in [5.74, 6) is 0.537. The minimum absolute atomic E-state index is 0.188. The number of aromatic nitrogens is 2. The number of hydrogen-bond acceptors (Lipinski definition) is 4. The Hall–Kier alpha value is -2.99. The van der Waals surface area contributed by atoms with E-state index in [1.807, 2.05) is 42.5 Å². The summed E-state index contributed by atoms with van der Waals surface area (Å²) < 4.78 is 1.39. The summed E-state index contributed by atoms with van der Waals surface area (Å²) in [4.78, 5) is 28.5. The van der Waals surface area contributed by atoms with Crippen LogP contribution in [0, 0.1) is 5.92 Å². The molecule has 1 atom stereocenters. The zero-order chi connectivity index (χ0) is 21.8. The van der Waals surface area contributed by atoms with Gasteiger partial charge in [0, 0.05) is 18.0 Å². The third-order valence-electron chi connectivity index (χ3n) is 6.26. The molecule has 0 bridgehead atoms. The second-order valence-electron chi connectivity index (χ2n) is 8.62. The first kappa shape index (κ1) is 21.2. The van der Waals surface area contributed by atoms with Gasteiger partial charge < -0.3 is 5.32 Å². The maximum absolute atomic E-state index is 13.1. The molecular formula is C25H30N4O2. The van der Waals surface area contributed by atoms with Crippen LogP contribution in [0.2, 0.25) is 0 Å². The molecule has 1 unspecified atom stereocenters. The molecular weight excluding hydrogens is 388 g/mol. The van der Waals surface area contributed by atoms with Gasteiger partial charge in [0.25, 0.3) is 11.5 Å². The van der Waals surface area contributed by atoms with Crippen LogP contribution in [-0.2, 0) is 6.54 Å². The van der Waals surface area contributed by atoms with Crippen molar-refractivity contribution in [1.82, 2.24) is 20.0 Å². The Morgan fingerprint density at radius 3 is 2.42 bits per heavy atom. The van der Waals surface area contributed by atoms with Gasteiger partial charge in [0.1, 0.15) is 0 Å². The Labute approximate surface area is 182 Å². The van der Waals surface area contributed by atoms with Gasteiger partial charge in [0.15, 0.2) is 5.69 Å². The highest BCUT2D eigenvalue weighted by atomic mass is 16.2. The molecule has 31 heavy (non-hydrogen) atoms. The highest BCUT2D eigenvalue weighted by Crippen LogP contribution is 2.18. The highest BCUT2D eigenvalue weighted by molar-refractivity contribution is 6.04. The summed E-state index contributed by atoms with van der Waals surface area (Å²) >= 11 is 0. The number of carbonyl (C=O) groups excluding carboxylic acids is 1. The van der Waals surface area contributed by atoms with Crippen molar-refractivity contribution in [3.8, 4) is 0 Å². The summed E-state index contributed by atoms with van der Waals surface area (Å²) in [6.07, 6.45) is 2.41. The zero-order valence-electron chi connectivity index (χ0n) is 18.3. The van der Waals surface area contributed by atoms with Crippen molar-refractivity contribution < 1.29 is 4.79 Å². The molecule has 1 aliphatic rings. The van der Waals surface area contributed by atoms with Gasteiger partial charge in [-0.2, -0.15) is 5.10 Å². The van der Waals surface area contributed by atoms with Crippen LogP contribution in [0.4, 0.5) is 0 Å². The van der Waals surface area contributed by atoms with E-state index in [1.165, 1.54) is 17.5 Å². The van der Waals surface area contributed by atoms with Crippen LogP contribution in [0.1, 0.15) is 42.7 Å². The van der Waals surface area contributed by atoms with Gasteiger partial charge in [0.05, 0.1) is 11.9 Å². The number of carbonyl (C=O) groups is 1. The normalized spacial score (nSPS) is 16.3. The molecule has 1 amide bonds. The van der Waals surface area contributed by atoms with Crippen LogP contribution < -0.4 is 10.9 Å². The molecule has 0 saturated carbocycles. The van der Waals surface area contributed by atoms with Crippen LogP contribution in [-0.4, -0.2) is 46.3 Å². The van der Waals surface area contributed by atoms with E-state index in [-0.39, 0.29) is 17.5 Å². The van der Waals surface area contributed by atoms with Crippen LogP contribution in [0.3, 0.4) is 0 Å². The first-order valence-corrected chi connectivity index (χ1v) is 11.1. The number of fused-ring (bicyclic) bond motifs is 1. The minimum atomic E-state index is -0.241. The van der Waals surface area contributed by atoms with Crippen molar-refractivity contribution in [2.45, 2.75) is 39.3 Å². The Morgan fingerprint density at radius 2 is 1.71 bits per heavy atom. The number of hydrogen-bond donors (Lipinski definition) is 1. The second-order valence-corrected chi connectivity index (χ2v) is 8.62. The lowest BCUT2D eigenvalue weighted by molar-refractivity contribution is 0.0916. The molecule has 162 valence electrons. The first-order valence-electron chi connectivity index (χ1n) is 11.1. The standard InChI is InChI=1S/C25H30N4O2/c1-18-12-14-28(15-13-18)19(2)16-26-24(30)23-21-10-6-7-11-22(21)25(31)29(27-23)17-20-8-4-3-5-9-20/h3-11,18-19H,12-17H2,1-2H3,(H,26,30). The molecule has 0 spiro atoms. The van der Waals surface area contributed by atoms with Crippen LogP contribution >= 0.6 is 0 Å². The van der Waals surface area contributed by atoms with Gasteiger partial charge in [-0.1, -0.05) is 55.5 Å². The quantitative estimate of drug-likeness (QED) is 0.667. The summed E-state index contributed by atoms with van der Waals surface area (Å²) in [7, 11) is 0. The zero-order valence-corrected chi connectivity index (χ0v) is 18.3. The summed E-state index contributed by atoms with van der Waals surface area (Å²) in [5, 5.41) is 8.63. The Balaban J connectivity index is 1.56. The summed E-state index contributed by atoms with van der Waals surface area (Å²) in [5.41, 5.74) is 1.07. The largest absolute Gasteiger partial charge is 0.349 e. The van der Waals surface area contributed by atoms with Gasteiger partial charge in [-0.3, -0.25) is 14.5 Å². The van der Waals surface area contributed by atoms with E-state index in [0.717, 1.165) is 24.6 Å². The average Bonchev–Trinajstić information content (AvgIpc) is 2.80. The molecule has 1 saturated heterocycles.